The van der Waals surface area contributed by atoms with E-state index in [1.807, 2.05) is 66.4 Å². The fraction of sp³-hybridized carbons (Fsp3) is 0.494. The van der Waals surface area contributed by atoms with Gasteiger partial charge in [0.25, 0.3) is 0 Å². The van der Waals surface area contributed by atoms with Crippen LogP contribution in [0.15, 0.2) is 139 Å². The van der Waals surface area contributed by atoms with E-state index in [4.69, 9.17) is 17.2 Å². The smallest absolute Gasteiger partial charge is 0.224 e. The number of ketones is 5. The number of rotatable bonds is 23. The third-order valence-corrected chi connectivity index (χ3v) is 23.0. The summed E-state index contributed by atoms with van der Waals surface area (Å²) in [7, 11) is 2.26. The second-order valence-corrected chi connectivity index (χ2v) is 30.8. The third kappa shape index (κ3) is 22.4. The number of Topliss-reactive ketones (excluding diaryl/α,β-unsaturated/α-hetero) is 5. The van der Waals surface area contributed by atoms with Crippen molar-refractivity contribution in [1.29, 1.82) is 0 Å². The number of likely N-dealkylation sites (tertiary alicyclic amines) is 1. The quantitative estimate of drug-likeness (QED) is 0.0163. The maximum Gasteiger partial charge on any atom is 0.224 e. The fourth-order valence-electron chi connectivity index (χ4n) is 16.1. The Morgan fingerprint density at radius 1 is 0.676 bits per heavy atom. The lowest BCUT2D eigenvalue weighted by Crippen LogP contribution is -2.51. The second kappa shape index (κ2) is 39.1. The Kier molecular flexibility index (Phi) is 29.4. The molecule has 0 bridgehead atoms. The molecule has 12 atom stereocenters. The van der Waals surface area contributed by atoms with Gasteiger partial charge in [0.05, 0.1) is 24.2 Å². The van der Waals surface area contributed by atoms with Gasteiger partial charge in [0.1, 0.15) is 17.6 Å². The summed E-state index contributed by atoms with van der Waals surface area (Å²) in [6.07, 6.45) is 11.6. The monoisotopic (exact) mass is 1450 g/mol. The molecular formula is C83H107N11O10S. The summed E-state index contributed by atoms with van der Waals surface area (Å²) >= 11 is 1.87. The number of amides is 3. The van der Waals surface area contributed by atoms with Crippen LogP contribution in [0.5, 0.6) is 5.75 Å². The lowest BCUT2D eigenvalue weighted by Gasteiger charge is -2.46. The first-order chi connectivity index (χ1) is 50.8. The van der Waals surface area contributed by atoms with Crippen molar-refractivity contribution in [3.63, 3.8) is 0 Å². The standard InChI is InChI=1S/C83H107N11O10S/c1-52(95)79-77(101)47-61(39-54-25-29-64(96)30-26-54)73(97)24-8-4-7-23-69(88-37-38-105-51-56-41-67-66-21-13-18-57-27-28-58(78(57)66)44-72(67)94(2)50-56)74(98)45-60(19-14-34-89-83(85)86)80(102)91-70(42-53-15-5-3-6-16-53)76(100)48-62(40-55-31-35-87-36-32-55)82(104)92-71(43-63-49-90-68-22-10-9-20-65(63)68)75(99)46-59(81(103)93-79)17-11-12-33-84/h3,5-6,9-10,13,15-16,18,20-22,25-26,28-32,35-36,49,52,56,59-62,67,69-72,79,88,90,95-96H,4,7-8,11-12,14,17,19,23-24,27,33-34,37-48,50-51,84H2,1-2H3,(H,91,102)(H,92,104)(H,93,103)(H4,85,86,89)/t52-,56-,59-,60-,61-,62-,67-,69-,70+,71-,72-,79+/m1/s1. The molecule has 3 amide bonds. The van der Waals surface area contributed by atoms with Crippen LogP contribution in [-0.2, 0) is 70.5 Å². The molecule has 2 fully saturated rings. The van der Waals surface area contributed by atoms with E-state index in [2.05, 4.69) is 72.5 Å². The molecule has 0 saturated carbocycles. The lowest BCUT2D eigenvalue weighted by molar-refractivity contribution is -0.136. The second-order valence-electron chi connectivity index (χ2n) is 29.6. The molecule has 2 aromatic heterocycles. The van der Waals surface area contributed by atoms with Gasteiger partial charge in [-0.1, -0.05) is 104 Å². The minimum absolute atomic E-state index is 0.0209. The van der Waals surface area contributed by atoms with E-state index in [0.29, 0.717) is 92.6 Å². The molecule has 4 heterocycles. The molecule has 2 aliphatic heterocycles. The summed E-state index contributed by atoms with van der Waals surface area (Å²) in [5.41, 5.74) is 27.0. The average Bonchev–Trinajstić information content (AvgIpc) is 1.68. The number of allylic oxidation sites excluding steroid dienone is 1. The van der Waals surface area contributed by atoms with Crippen molar-refractivity contribution in [3.05, 3.63) is 173 Å². The number of benzene rings is 4. The average molecular weight is 1450 g/mol. The number of aliphatic hydroxyl groups excluding tert-OH is 1. The van der Waals surface area contributed by atoms with Crippen LogP contribution >= 0.6 is 11.8 Å². The topological polar surface area (TPSA) is 347 Å². The number of hydrogen-bond acceptors (Lipinski definition) is 16. The number of nitrogens with two attached hydrogens (primary N) is 3. The Balaban J connectivity index is 0.958. The Hall–Kier alpha value is -8.67. The number of unbranched alkanes of at least 4 members (excludes halogenated alkanes) is 1. The summed E-state index contributed by atoms with van der Waals surface area (Å²) in [5, 5.41) is 35.0. The first-order valence-electron chi connectivity index (χ1n) is 37.8. The number of aromatic nitrogens is 2. The number of guanidine groups is 1. The number of para-hydroxylation sites is 1. The van der Waals surface area contributed by atoms with Gasteiger partial charge in [-0.15, -0.1) is 0 Å². The number of aromatic hydroxyl groups is 1. The van der Waals surface area contributed by atoms with Crippen LogP contribution in [0.1, 0.15) is 155 Å². The summed E-state index contributed by atoms with van der Waals surface area (Å²) in [6.45, 7) is 3.37. The van der Waals surface area contributed by atoms with Gasteiger partial charge in [0, 0.05) is 129 Å². The van der Waals surface area contributed by atoms with Gasteiger partial charge in [0.15, 0.2) is 29.1 Å². The fourth-order valence-corrected chi connectivity index (χ4v) is 17.1. The highest BCUT2D eigenvalue weighted by Gasteiger charge is 2.42. The van der Waals surface area contributed by atoms with E-state index >= 15 is 24.0 Å². The van der Waals surface area contributed by atoms with Gasteiger partial charge in [-0.25, -0.2) is 0 Å². The zero-order chi connectivity index (χ0) is 74.4. The zero-order valence-electron chi connectivity index (χ0n) is 60.9. The normalized spacial score (nSPS) is 24.9. The van der Waals surface area contributed by atoms with Crippen LogP contribution in [0, 0.1) is 29.6 Å². The number of aliphatic hydroxyl groups is 1. The van der Waals surface area contributed by atoms with Gasteiger partial charge in [0.2, 0.25) is 17.7 Å². The van der Waals surface area contributed by atoms with Crippen molar-refractivity contribution in [3.8, 4) is 5.75 Å². The molecular weight excluding hydrogens is 1340 g/mol. The molecule has 2 aliphatic carbocycles. The number of piperidine rings is 1. The molecule has 10 rings (SSSR count). The van der Waals surface area contributed by atoms with Gasteiger partial charge >= 0.3 is 0 Å². The third-order valence-electron chi connectivity index (χ3n) is 21.8. The van der Waals surface area contributed by atoms with Crippen molar-refractivity contribution >= 4 is 80.8 Å². The molecule has 2 saturated heterocycles. The highest BCUT2D eigenvalue weighted by molar-refractivity contribution is 7.99. The van der Waals surface area contributed by atoms with Gasteiger partial charge in [-0.05, 0) is 184 Å². The Morgan fingerprint density at radius 3 is 2.08 bits per heavy atom. The van der Waals surface area contributed by atoms with Gasteiger partial charge in [-0.2, -0.15) is 11.8 Å². The number of aromatic amines is 1. The molecule has 22 heteroatoms. The first kappa shape index (κ1) is 78.9. The molecule has 4 aliphatic rings. The number of likely N-dealkylation sites (N-methyl/N-ethyl adjacent to an activating group) is 1. The number of nitrogens with one attached hydrogen (secondary N) is 5. The SMILES string of the molecule is C[C@@H](O)[C@@H]1NC(=O)[C@H](CCCCN)CC(=O)[C@@H](Cc2c[nH]c3ccccc23)NC(=O)[C@H](Cc2ccncc2)CC(=O)[C@H](Cc2ccccc2)NC(=O)[C@H](CCCN=C(N)N)CC(=O)[C@H](NCCSC[C@@H]2C[C@@H]3c4cccc5c4C(=CC5)C[C@H]3N(C)C2)CCCCCC(=O)[C@H](Cc2ccc(O)cc2)CC1=O. The summed E-state index contributed by atoms with van der Waals surface area (Å²) in [5.74, 6) is -5.33. The first-order valence-corrected chi connectivity index (χ1v) is 39.0. The van der Waals surface area contributed by atoms with Gasteiger partial charge in [-0.3, -0.25) is 48.3 Å². The van der Waals surface area contributed by atoms with Gasteiger partial charge < -0.3 is 58.6 Å². The van der Waals surface area contributed by atoms with E-state index in [-0.39, 0.29) is 94.0 Å². The Labute approximate surface area is 621 Å². The molecule has 21 nitrogen and oxygen atoms in total. The van der Waals surface area contributed by atoms with E-state index in [1.165, 1.54) is 41.3 Å². The van der Waals surface area contributed by atoms with Crippen LogP contribution in [0.2, 0.25) is 0 Å². The van der Waals surface area contributed by atoms with Crippen molar-refractivity contribution in [2.24, 2.45) is 51.8 Å². The summed E-state index contributed by atoms with van der Waals surface area (Å²) < 4.78 is 0. The van der Waals surface area contributed by atoms with Crippen LogP contribution in [0.3, 0.4) is 0 Å². The predicted molar refractivity (Wildman–Crippen MR) is 412 cm³/mol. The van der Waals surface area contributed by atoms with Crippen molar-refractivity contribution in [2.75, 3.05) is 44.7 Å². The summed E-state index contributed by atoms with van der Waals surface area (Å²) in [6, 6.07) is 29.3. The van der Waals surface area contributed by atoms with Crippen molar-refractivity contribution < 1.29 is 48.6 Å². The molecule has 13 N–H and O–H groups in total. The van der Waals surface area contributed by atoms with Crippen LogP contribution in [0.4, 0.5) is 0 Å². The molecule has 6 aromatic rings. The number of H-pyrrole nitrogens is 1. The van der Waals surface area contributed by atoms with E-state index in [1.54, 1.807) is 42.9 Å². The molecule has 0 radical (unpaired) electrons. The minimum Gasteiger partial charge on any atom is -0.508 e. The molecule has 105 heavy (non-hydrogen) atoms. The molecule has 560 valence electrons. The maximum atomic E-state index is 15.5. The highest BCUT2D eigenvalue weighted by atomic mass is 32.2. The van der Waals surface area contributed by atoms with E-state index < -0.39 is 95.4 Å². The number of phenolic OH excluding ortho intramolecular Hbond substituents is 1. The zero-order valence-corrected chi connectivity index (χ0v) is 61.7. The lowest BCUT2D eigenvalue weighted by atomic mass is 9.70. The molecule has 0 unspecified atom stereocenters. The number of pyridine rings is 1. The summed E-state index contributed by atoms with van der Waals surface area (Å²) in [4.78, 5) is 135. The van der Waals surface area contributed by atoms with E-state index in [0.717, 1.165) is 53.8 Å². The van der Waals surface area contributed by atoms with Crippen LogP contribution in [0.25, 0.3) is 16.5 Å². The molecule has 0 spiro atoms. The van der Waals surface area contributed by atoms with Crippen molar-refractivity contribution in [1.82, 2.24) is 36.1 Å². The van der Waals surface area contributed by atoms with Crippen LogP contribution in [-0.4, -0.2) is 159 Å². The van der Waals surface area contributed by atoms with E-state index in [9.17, 15) is 24.6 Å². The number of hydrogen-bond donors (Lipinski definition) is 10. The largest absolute Gasteiger partial charge is 0.508 e. The molecule has 4 aromatic carbocycles. The number of nitrogens with zero attached hydrogens (tertiary/aromatic N) is 3. The van der Waals surface area contributed by atoms with Crippen LogP contribution < -0.4 is 38.5 Å². The van der Waals surface area contributed by atoms with Crippen molar-refractivity contribution in [2.45, 2.75) is 184 Å². The number of phenols is 1. The number of carbonyl (C=O) groups excluding carboxylic acids is 8. The minimum atomic E-state index is -1.47. The number of aliphatic imine (C=N–C) groups is 1. The Bertz CT molecular complexity index is 3990. The highest BCUT2D eigenvalue weighted by Crippen LogP contribution is 2.49. The number of carbonyl (C=O) groups is 8. The predicted octanol–water partition coefficient (Wildman–Crippen LogP) is 8.53. The maximum absolute atomic E-state index is 15.5. The number of fused-ring (bicyclic) bond motifs is 3. The number of thioether (sulfide) groups is 1. The Morgan fingerprint density at radius 2 is 1.33 bits per heavy atom.